The molecule has 2 aromatic carbocycles. The number of methoxy groups -OCH3 is 1. The molecule has 2 rings (SSSR count). The molecule has 0 aliphatic carbocycles. The molecule has 0 saturated carbocycles. The minimum absolute atomic E-state index is 0.00146. The Morgan fingerprint density at radius 3 is 2.35 bits per heavy atom. The van der Waals surface area contributed by atoms with Gasteiger partial charge < -0.3 is 20.1 Å². The molecule has 2 aromatic rings. The van der Waals surface area contributed by atoms with Gasteiger partial charge in [0.1, 0.15) is 11.5 Å². The summed E-state index contributed by atoms with van der Waals surface area (Å²) >= 11 is 0. The quantitative estimate of drug-likeness (QED) is 0.798. The smallest absolute Gasteiger partial charge is 0.265 e. The average molecular weight is 356 g/mol. The lowest BCUT2D eigenvalue weighted by atomic mass is 10.1. The van der Waals surface area contributed by atoms with Crippen molar-refractivity contribution in [3.8, 4) is 11.5 Å². The Morgan fingerprint density at radius 1 is 0.962 bits per heavy atom. The molecule has 26 heavy (non-hydrogen) atoms. The van der Waals surface area contributed by atoms with Gasteiger partial charge in [-0.2, -0.15) is 0 Å². The summed E-state index contributed by atoms with van der Waals surface area (Å²) in [6.45, 7) is 5.40. The molecule has 0 heterocycles. The van der Waals surface area contributed by atoms with Gasteiger partial charge in [-0.3, -0.25) is 9.59 Å². The molecule has 1 unspecified atom stereocenters. The number of carbonyl (C=O) groups is 2. The summed E-state index contributed by atoms with van der Waals surface area (Å²) in [6.07, 6.45) is -0.747. The lowest BCUT2D eigenvalue weighted by Crippen LogP contribution is -2.33. The summed E-state index contributed by atoms with van der Waals surface area (Å²) in [5.74, 6) is 0.582. The minimum atomic E-state index is -0.747. The highest BCUT2D eigenvalue weighted by Gasteiger charge is 2.19. The standard InChI is InChI=1S/C20H24N2O4/c1-13(2)21-20(24)17-10-5-6-11-18(17)22-19(23)14(3)26-16-9-7-8-15(12-16)25-4/h5-14H,1-4H3,(H,21,24)(H,22,23). The summed E-state index contributed by atoms with van der Waals surface area (Å²) < 4.78 is 10.8. The molecule has 0 aliphatic heterocycles. The Hall–Kier alpha value is -3.02. The third kappa shape index (κ3) is 5.24. The van der Waals surface area contributed by atoms with Gasteiger partial charge in [0.2, 0.25) is 0 Å². The predicted molar refractivity (Wildman–Crippen MR) is 101 cm³/mol. The maximum Gasteiger partial charge on any atom is 0.265 e. The number of hydrogen-bond acceptors (Lipinski definition) is 4. The lowest BCUT2D eigenvalue weighted by Gasteiger charge is -2.17. The molecule has 0 saturated heterocycles. The van der Waals surface area contributed by atoms with Gasteiger partial charge in [0.05, 0.1) is 18.4 Å². The number of carbonyl (C=O) groups excluding carboxylic acids is 2. The monoisotopic (exact) mass is 356 g/mol. The Bertz CT molecular complexity index is 774. The summed E-state index contributed by atoms with van der Waals surface area (Å²) in [4.78, 5) is 24.8. The van der Waals surface area contributed by atoms with E-state index in [9.17, 15) is 9.59 Å². The lowest BCUT2D eigenvalue weighted by molar-refractivity contribution is -0.122. The van der Waals surface area contributed by atoms with E-state index in [0.29, 0.717) is 22.7 Å². The molecule has 0 radical (unpaired) electrons. The van der Waals surface area contributed by atoms with Gasteiger partial charge in [-0.05, 0) is 45.0 Å². The predicted octanol–water partition coefficient (Wildman–Crippen LogP) is 3.24. The second-order valence-corrected chi connectivity index (χ2v) is 6.10. The van der Waals surface area contributed by atoms with Crippen LogP contribution in [0.25, 0.3) is 0 Å². The Morgan fingerprint density at radius 2 is 1.65 bits per heavy atom. The van der Waals surface area contributed by atoms with Crippen LogP contribution < -0.4 is 20.1 Å². The number of nitrogens with one attached hydrogen (secondary N) is 2. The van der Waals surface area contributed by atoms with Crippen molar-refractivity contribution in [2.24, 2.45) is 0 Å². The van der Waals surface area contributed by atoms with E-state index < -0.39 is 6.10 Å². The van der Waals surface area contributed by atoms with E-state index in [4.69, 9.17) is 9.47 Å². The van der Waals surface area contributed by atoms with Crippen molar-refractivity contribution in [3.63, 3.8) is 0 Å². The Balaban J connectivity index is 2.08. The van der Waals surface area contributed by atoms with Crippen molar-refractivity contribution in [2.75, 3.05) is 12.4 Å². The zero-order chi connectivity index (χ0) is 19.1. The number of hydrogen-bond donors (Lipinski definition) is 2. The fraction of sp³-hybridized carbons (Fsp3) is 0.300. The van der Waals surface area contributed by atoms with Gasteiger partial charge in [0, 0.05) is 12.1 Å². The van der Waals surface area contributed by atoms with Crippen LogP contribution in [0.3, 0.4) is 0 Å². The second kappa shape index (κ2) is 8.89. The maximum absolute atomic E-state index is 12.5. The number of ether oxygens (including phenoxy) is 2. The van der Waals surface area contributed by atoms with Crippen LogP contribution in [0.5, 0.6) is 11.5 Å². The van der Waals surface area contributed by atoms with Crippen LogP contribution in [-0.4, -0.2) is 31.1 Å². The van der Waals surface area contributed by atoms with Gasteiger partial charge in [-0.15, -0.1) is 0 Å². The number of benzene rings is 2. The van der Waals surface area contributed by atoms with Crippen molar-refractivity contribution < 1.29 is 19.1 Å². The Kier molecular flexibility index (Phi) is 6.60. The Labute approximate surface area is 153 Å². The van der Waals surface area contributed by atoms with Gasteiger partial charge in [-0.1, -0.05) is 18.2 Å². The van der Waals surface area contributed by atoms with E-state index in [2.05, 4.69) is 10.6 Å². The molecular weight excluding hydrogens is 332 g/mol. The van der Waals surface area contributed by atoms with E-state index in [1.807, 2.05) is 13.8 Å². The second-order valence-electron chi connectivity index (χ2n) is 6.10. The minimum Gasteiger partial charge on any atom is -0.497 e. The van der Waals surface area contributed by atoms with Crippen molar-refractivity contribution in [3.05, 3.63) is 54.1 Å². The highest BCUT2D eigenvalue weighted by Crippen LogP contribution is 2.21. The van der Waals surface area contributed by atoms with Crippen LogP contribution in [0, 0.1) is 0 Å². The first kappa shape index (κ1) is 19.3. The highest BCUT2D eigenvalue weighted by atomic mass is 16.5. The van der Waals surface area contributed by atoms with E-state index in [1.54, 1.807) is 62.6 Å². The zero-order valence-electron chi connectivity index (χ0n) is 15.4. The molecule has 0 bridgehead atoms. The average Bonchev–Trinajstić information content (AvgIpc) is 2.61. The summed E-state index contributed by atoms with van der Waals surface area (Å²) in [7, 11) is 1.56. The first-order valence-electron chi connectivity index (χ1n) is 8.42. The van der Waals surface area contributed by atoms with Crippen LogP contribution in [0.1, 0.15) is 31.1 Å². The summed E-state index contributed by atoms with van der Waals surface area (Å²) in [6, 6.07) is 13.9. The zero-order valence-corrected chi connectivity index (χ0v) is 15.4. The molecule has 0 aromatic heterocycles. The first-order valence-corrected chi connectivity index (χ1v) is 8.42. The molecule has 6 heteroatoms. The molecule has 0 fully saturated rings. The van der Waals surface area contributed by atoms with Crippen LogP contribution in [0.2, 0.25) is 0 Å². The van der Waals surface area contributed by atoms with E-state index in [-0.39, 0.29) is 17.9 Å². The van der Waals surface area contributed by atoms with Gasteiger partial charge in [0.15, 0.2) is 6.10 Å². The van der Waals surface area contributed by atoms with Crippen LogP contribution in [-0.2, 0) is 4.79 Å². The number of rotatable bonds is 7. The molecule has 138 valence electrons. The SMILES string of the molecule is COc1cccc(OC(C)C(=O)Nc2ccccc2C(=O)NC(C)C)c1. The third-order valence-corrected chi connectivity index (χ3v) is 3.57. The first-order chi connectivity index (χ1) is 12.4. The van der Waals surface area contributed by atoms with Gasteiger partial charge in [0.25, 0.3) is 11.8 Å². The molecule has 0 aliphatic rings. The topological polar surface area (TPSA) is 76.7 Å². The summed E-state index contributed by atoms with van der Waals surface area (Å²) in [5, 5.41) is 5.58. The maximum atomic E-state index is 12.5. The highest BCUT2D eigenvalue weighted by molar-refractivity contribution is 6.04. The molecular formula is C20H24N2O4. The third-order valence-electron chi connectivity index (χ3n) is 3.57. The molecule has 6 nitrogen and oxygen atoms in total. The fourth-order valence-electron chi connectivity index (χ4n) is 2.30. The molecule has 2 amide bonds. The summed E-state index contributed by atoms with van der Waals surface area (Å²) in [5.41, 5.74) is 0.847. The van der Waals surface area contributed by atoms with Crippen molar-refractivity contribution in [1.29, 1.82) is 0 Å². The van der Waals surface area contributed by atoms with Crippen molar-refractivity contribution >= 4 is 17.5 Å². The number of anilines is 1. The fourth-order valence-corrected chi connectivity index (χ4v) is 2.30. The van der Waals surface area contributed by atoms with Crippen LogP contribution >= 0.6 is 0 Å². The van der Waals surface area contributed by atoms with Gasteiger partial charge >= 0.3 is 0 Å². The van der Waals surface area contributed by atoms with Crippen LogP contribution in [0.4, 0.5) is 5.69 Å². The van der Waals surface area contributed by atoms with E-state index in [0.717, 1.165) is 0 Å². The van der Waals surface area contributed by atoms with Crippen molar-refractivity contribution in [1.82, 2.24) is 5.32 Å². The normalized spacial score (nSPS) is 11.6. The number of para-hydroxylation sites is 1. The van der Waals surface area contributed by atoms with Crippen LogP contribution in [0.15, 0.2) is 48.5 Å². The van der Waals surface area contributed by atoms with E-state index >= 15 is 0 Å². The molecule has 2 N–H and O–H groups in total. The number of amides is 2. The van der Waals surface area contributed by atoms with Gasteiger partial charge in [-0.25, -0.2) is 0 Å². The molecule has 1 atom stereocenters. The van der Waals surface area contributed by atoms with Crippen molar-refractivity contribution in [2.45, 2.75) is 32.9 Å². The molecule has 0 spiro atoms. The largest absolute Gasteiger partial charge is 0.497 e. The van der Waals surface area contributed by atoms with E-state index in [1.165, 1.54) is 0 Å².